The number of anilines is 1. The largest absolute Gasteiger partial charge is 0.445 e. The number of fused-ring (bicyclic) bond motifs is 1. The van der Waals surface area contributed by atoms with Gasteiger partial charge in [-0.3, -0.25) is 4.99 Å². The molecular formula is C30H34FN3O4. The summed E-state index contributed by atoms with van der Waals surface area (Å²) in [5.41, 5.74) is 5.08. The summed E-state index contributed by atoms with van der Waals surface area (Å²) in [6, 6.07) is 21.9. The van der Waals surface area contributed by atoms with Crippen LogP contribution in [0.15, 0.2) is 77.8 Å². The van der Waals surface area contributed by atoms with Gasteiger partial charge in [-0.25, -0.2) is 9.18 Å². The zero-order valence-electron chi connectivity index (χ0n) is 21.6. The van der Waals surface area contributed by atoms with Gasteiger partial charge in [-0.2, -0.15) is 0 Å². The lowest BCUT2D eigenvalue weighted by Gasteiger charge is -2.17. The molecule has 38 heavy (non-hydrogen) atoms. The first-order valence-electron chi connectivity index (χ1n) is 12.8. The summed E-state index contributed by atoms with van der Waals surface area (Å²) in [7, 11) is 1.65. The summed E-state index contributed by atoms with van der Waals surface area (Å²) >= 11 is 0. The summed E-state index contributed by atoms with van der Waals surface area (Å²) < 4.78 is 30.8. The van der Waals surface area contributed by atoms with Crippen LogP contribution in [-0.4, -0.2) is 44.8 Å². The van der Waals surface area contributed by atoms with Crippen molar-refractivity contribution in [2.24, 2.45) is 4.99 Å². The number of unbranched alkanes of at least 4 members (excludes halogenated alkanes) is 1. The van der Waals surface area contributed by atoms with Crippen molar-refractivity contribution in [1.82, 2.24) is 5.32 Å². The lowest BCUT2D eigenvalue weighted by Crippen LogP contribution is -2.25. The average molecular weight is 520 g/mol. The number of carbonyl (C=O) groups excluding carboxylic acids is 1. The number of hydrogen-bond acceptors (Lipinski definition) is 6. The Morgan fingerprint density at radius 1 is 1.08 bits per heavy atom. The fraction of sp³-hybridized carbons (Fsp3) is 0.333. The Bertz CT molecular complexity index is 1220. The molecule has 3 aromatic rings. The van der Waals surface area contributed by atoms with E-state index < -0.39 is 6.09 Å². The van der Waals surface area contributed by atoms with Gasteiger partial charge in [0.15, 0.2) is 0 Å². The van der Waals surface area contributed by atoms with E-state index in [9.17, 15) is 9.18 Å². The first-order chi connectivity index (χ1) is 18.6. The van der Waals surface area contributed by atoms with Gasteiger partial charge < -0.3 is 24.8 Å². The molecule has 1 atom stereocenters. The highest BCUT2D eigenvalue weighted by atomic mass is 19.1. The summed E-state index contributed by atoms with van der Waals surface area (Å²) in [5, 5.41) is 6.17. The van der Waals surface area contributed by atoms with E-state index in [-0.39, 0.29) is 18.5 Å². The van der Waals surface area contributed by atoms with Crippen molar-refractivity contribution in [3.05, 3.63) is 101 Å². The number of aliphatic imine (C=N–C) groups is 1. The number of rotatable bonds is 10. The summed E-state index contributed by atoms with van der Waals surface area (Å²) in [6.07, 6.45) is 1.93. The van der Waals surface area contributed by atoms with Crippen molar-refractivity contribution in [3.8, 4) is 0 Å². The molecule has 0 saturated heterocycles. The van der Waals surface area contributed by atoms with Gasteiger partial charge in [-0.05, 0) is 37.0 Å². The molecule has 2 N–H and O–H groups in total. The Morgan fingerprint density at radius 2 is 1.92 bits per heavy atom. The molecule has 200 valence electrons. The van der Waals surface area contributed by atoms with Gasteiger partial charge >= 0.3 is 6.09 Å². The van der Waals surface area contributed by atoms with E-state index in [1.165, 1.54) is 12.1 Å². The Kier molecular flexibility index (Phi) is 10.2. The van der Waals surface area contributed by atoms with E-state index in [4.69, 9.17) is 19.2 Å². The van der Waals surface area contributed by atoms with Crippen LogP contribution in [0.25, 0.3) is 0 Å². The lowest BCUT2D eigenvalue weighted by atomic mass is 9.97. The third kappa shape index (κ3) is 7.87. The number of halogens is 1. The fourth-order valence-electron chi connectivity index (χ4n) is 4.37. The smallest absolute Gasteiger partial charge is 0.407 e. The van der Waals surface area contributed by atoms with Crippen LogP contribution in [0.1, 0.15) is 41.5 Å². The second-order valence-corrected chi connectivity index (χ2v) is 9.09. The van der Waals surface area contributed by atoms with E-state index in [1.807, 2.05) is 54.6 Å². The van der Waals surface area contributed by atoms with E-state index in [0.717, 1.165) is 41.6 Å². The minimum Gasteiger partial charge on any atom is -0.445 e. The second kappa shape index (κ2) is 14.3. The van der Waals surface area contributed by atoms with Crippen LogP contribution in [-0.2, 0) is 27.4 Å². The van der Waals surface area contributed by atoms with Crippen molar-refractivity contribution >= 4 is 17.5 Å². The number of carbonyl (C=O) groups is 1. The molecule has 1 amide bonds. The number of ether oxygens (including phenoxy) is 3. The normalized spacial score (nSPS) is 15.2. The van der Waals surface area contributed by atoms with Gasteiger partial charge in [0, 0.05) is 30.3 Å². The quantitative estimate of drug-likeness (QED) is 0.337. The van der Waals surface area contributed by atoms with Gasteiger partial charge in [0.25, 0.3) is 0 Å². The molecule has 0 fully saturated rings. The molecule has 0 aliphatic carbocycles. The predicted molar refractivity (Wildman–Crippen MR) is 146 cm³/mol. The number of hydrogen-bond donors (Lipinski definition) is 2. The number of para-hydroxylation sites is 1. The van der Waals surface area contributed by atoms with Gasteiger partial charge in [-0.15, -0.1) is 0 Å². The molecule has 7 nitrogen and oxygen atoms in total. The number of alkyl carbamates (subject to hydrolysis) is 1. The predicted octanol–water partition coefficient (Wildman–Crippen LogP) is 5.67. The van der Waals surface area contributed by atoms with E-state index in [2.05, 4.69) is 10.6 Å². The molecule has 8 heteroatoms. The number of nitrogens with zero attached hydrogens (tertiary/aromatic N) is 1. The van der Waals surface area contributed by atoms with Crippen LogP contribution >= 0.6 is 0 Å². The third-order valence-corrected chi connectivity index (χ3v) is 6.22. The van der Waals surface area contributed by atoms with E-state index in [0.29, 0.717) is 37.8 Å². The van der Waals surface area contributed by atoms with Gasteiger partial charge in [0.2, 0.25) is 0 Å². The monoisotopic (exact) mass is 519 g/mol. The third-order valence-electron chi connectivity index (χ3n) is 6.22. The van der Waals surface area contributed by atoms with E-state index in [1.54, 1.807) is 13.2 Å². The highest BCUT2D eigenvalue weighted by Crippen LogP contribution is 2.27. The number of nitrogens with one attached hydrogen (secondary N) is 2. The molecule has 0 bridgehead atoms. The van der Waals surface area contributed by atoms with Crippen LogP contribution in [0.5, 0.6) is 0 Å². The van der Waals surface area contributed by atoms with Crippen molar-refractivity contribution in [2.45, 2.75) is 38.5 Å². The molecule has 0 saturated carbocycles. The Hall–Kier alpha value is -3.75. The van der Waals surface area contributed by atoms with Crippen molar-refractivity contribution in [3.63, 3.8) is 0 Å². The maximum absolute atomic E-state index is 14.2. The summed E-state index contributed by atoms with van der Waals surface area (Å²) in [6.45, 7) is 1.92. The lowest BCUT2D eigenvalue weighted by molar-refractivity contribution is 0.134. The SMILES string of the molecule is COCc1cccc2c1NCOCC(CCCCNC(=O)OCc1ccccc1)N=C2c1cccc(F)c1. The molecular weight excluding hydrogens is 485 g/mol. The van der Waals surface area contributed by atoms with Crippen LogP contribution in [0.2, 0.25) is 0 Å². The standard InChI is InChI=1S/C30H34FN3O4/c1-36-19-24-12-8-15-27-28(24)33-21-37-20-26(34-29(27)23-11-7-13-25(31)17-23)14-5-6-16-32-30(35)38-18-22-9-3-2-4-10-22/h2-4,7-13,15,17,26,33H,5-6,14,16,18-21H2,1H3,(H,32,35). The summed E-state index contributed by atoms with van der Waals surface area (Å²) in [5.74, 6) is -0.314. The molecule has 4 rings (SSSR count). The Morgan fingerprint density at radius 3 is 2.74 bits per heavy atom. The van der Waals surface area contributed by atoms with Crippen molar-refractivity contribution in [2.75, 3.05) is 32.3 Å². The number of methoxy groups -OCH3 is 1. The minimum absolute atomic E-state index is 0.128. The fourth-order valence-corrected chi connectivity index (χ4v) is 4.37. The highest BCUT2D eigenvalue weighted by Gasteiger charge is 2.20. The first-order valence-corrected chi connectivity index (χ1v) is 12.8. The highest BCUT2D eigenvalue weighted by molar-refractivity contribution is 6.16. The van der Waals surface area contributed by atoms with E-state index >= 15 is 0 Å². The zero-order valence-corrected chi connectivity index (χ0v) is 21.6. The van der Waals surface area contributed by atoms with Crippen LogP contribution < -0.4 is 10.6 Å². The van der Waals surface area contributed by atoms with Crippen molar-refractivity contribution < 1.29 is 23.4 Å². The minimum atomic E-state index is -0.430. The topological polar surface area (TPSA) is 81.2 Å². The molecule has 0 spiro atoms. The Labute approximate surface area is 223 Å². The average Bonchev–Trinajstić information content (AvgIpc) is 3.02. The van der Waals surface area contributed by atoms with Crippen LogP contribution in [0, 0.1) is 5.82 Å². The number of benzene rings is 3. The molecule has 0 radical (unpaired) electrons. The molecule has 3 aromatic carbocycles. The second-order valence-electron chi connectivity index (χ2n) is 9.09. The van der Waals surface area contributed by atoms with Gasteiger partial charge in [0.1, 0.15) is 19.2 Å². The first kappa shape index (κ1) is 27.3. The molecule has 1 unspecified atom stereocenters. The number of amides is 1. The zero-order chi connectivity index (χ0) is 26.6. The van der Waals surface area contributed by atoms with Crippen LogP contribution in [0.4, 0.5) is 14.9 Å². The molecule has 1 aliphatic rings. The van der Waals surface area contributed by atoms with Gasteiger partial charge in [0.05, 0.1) is 30.7 Å². The van der Waals surface area contributed by atoms with Crippen molar-refractivity contribution in [1.29, 1.82) is 0 Å². The Balaban J connectivity index is 1.41. The molecule has 0 aromatic heterocycles. The molecule has 1 heterocycles. The molecule has 1 aliphatic heterocycles. The summed E-state index contributed by atoms with van der Waals surface area (Å²) in [4.78, 5) is 17.1. The maximum Gasteiger partial charge on any atom is 0.407 e. The maximum atomic E-state index is 14.2. The van der Waals surface area contributed by atoms with Crippen LogP contribution in [0.3, 0.4) is 0 Å². The van der Waals surface area contributed by atoms with Gasteiger partial charge in [-0.1, -0.05) is 60.7 Å².